The second-order valence-electron chi connectivity index (χ2n) is 6.08. The maximum absolute atomic E-state index is 12.1. The fourth-order valence-corrected chi connectivity index (χ4v) is 3.95. The van der Waals surface area contributed by atoms with E-state index in [1.54, 1.807) is 42.5 Å². The highest BCUT2D eigenvalue weighted by Crippen LogP contribution is 2.30. The van der Waals surface area contributed by atoms with E-state index in [0.717, 1.165) is 11.1 Å². The highest BCUT2D eigenvalue weighted by molar-refractivity contribution is 7.90. The Kier molecular flexibility index (Phi) is 5.78. The van der Waals surface area contributed by atoms with E-state index < -0.39 is 9.84 Å². The minimum Gasteiger partial charge on any atom is -0.486 e. The van der Waals surface area contributed by atoms with Crippen molar-refractivity contribution in [1.82, 2.24) is 5.32 Å². The Hall–Kier alpha value is -2.54. The Morgan fingerprint density at radius 3 is 2.46 bits per heavy atom. The van der Waals surface area contributed by atoms with E-state index in [0.29, 0.717) is 24.7 Å². The summed E-state index contributed by atoms with van der Waals surface area (Å²) in [5.74, 6) is 0.969. The summed E-state index contributed by atoms with van der Waals surface area (Å²) in [5, 5.41) is 2.66. The van der Waals surface area contributed by atoms with Gasteiger partial charge in [0.25, 0.3) is 0 Å². The third-order valence-electron chi connectivity index (χ3n) is 3.94. The van der Waals surface area contributed by atoms with Crippen LogP contribution in [0.25, 0.3) is 0 Å². The molecule has 26 heavy (non-hydrogen) atoms. The third-order valence-corrected chi connectivity index (χ3v) is 5.54. The number of fused-ring (bicyclic) bond motifs is 1. The molecule has 1 N–H and O–H groups in total. The largest absolute Gasteiger partial charge is 0.486 e. The summed E-state index contributed by atoms with van der Waals surface area (Å²) in [4.78, 5) is 12.0. The number of benzene rings is 2. The van der Waals surface area contributed by atoms with E-state index in [4.69, 9.17) is 9.47 Å². The maximum Gasteiger partial charge on any atom is 0.224 e. The van der Waals surface area contributed by atoms with Gasteiger partial charge in [0.2, 0.25) is 5.91 Å². The first-order chi connectivity index (χ1) is 12.5. The highest BCUT2D eigenvalue weighted by atomic mass is 32.2. The second kappa shape index (κ2) is 8.23. The number of sulfone groups is 1. The van der Waals surface area contributed by atoms with Crippen molar-refractivity contribution in [3.63, 3.8) is 0 Å². The van der Waals surface area contributed by atoms with Crippen LogP contribution in [0.4, 0.5) is 0 Å². The van der Waals surface area contributed by atoms with Gasteiger partial charge in [0.05, 0.1) is 17.9 Å². The van der Waals surface area contributed by atoms with Crippen LogP contribution in [0, 0.1) is 0 Å². The summed E-state index contributed by atoms with van der Waals surface area (Å²) >= 11 is 0. The van der Waals surface area contributed by atoms with E-state index in [9.17, 15) is 13.2 Å². The highest BCUT2D eigenvalue weighted by Gasteiger charge is 2.15. The third kappa shape index (κ3) is 5.23. The van der Waals surface area contributed by atoms with Crippen molar-refractivity contribution in [2.75, 3.05) is 25.5 Å². The first kappa shape index (κ1) is 18.3. The van der Waals surface area contributed by atoms with Crippen molar-refractivity contribution in [1.29, 1.82) is 0 Å². The fourth-order valence-electron chi connectivity index (χ4n) is 2.69. The molecule has 0 fully saturated rings. The van der Waals surface area contributed by atoms with Crippen molar-refractivity contribution in [2.45, 2.75) is 12.2 Å². The van der Waals surface area contributed by atoms with Crippen molar-refractivity contribution >= 4 is 15.7 Å². The molecule has 0 unspecified atom stereocenters. The number of amides is 1. The average Bonchev–Trinajstić information content (AvgIpc) is 2.62. The normalized spacial score (nSPS) is 13.2. The molecule has 138 valence electrons. The fraction of sp³-hybridized carbons (Fsp3) is 0.316. The molecule has 0 spiro atoms. The van der Waals surface area contributed by atoms with Gasteiger partial charge in [-0.3, -0.25) is 4.79 Å². The van der Waals surface area contributed by atoms with Gasteiger partial charge in [0, 0.05) is 6.54 Å². The topological polar surface area (TPSA) is 81.7 Å². The van der Waals surface area contributed by atoms with Crippen LogP contribution in [0.5, 0.6) is 11.5 Å². The Labute approximate surface area is 153 Å². The molecule has 1 amide bonds. The predicted octanol–water partition coefficient (Wildman–Crippen LogP) is 1.73. The minimum atomic E-state index is -3.27. The first-order valence-corrected chi connectivity index (χ1v) is 10.2. The molecule has 6 nitrogen and oxygen atoms in total. The van der Waals surface area contributed by atoms with Crippen LogP contribution in [0.3, 0.4) is 0 Å². The number of rotatable bonds is 7. The zero-order chi connectivity index (χ0) is 18.4. The molecule has 0 aromatic heterocycles. The Morgan fingerprint density at radius 2 is 1.69 bits per heavy atom. The molecule has 0 saturated carbocycles. The van der Waals surface area contributed by atoms with Gasteiger partial charge in [0.15, 0.2) is 21.3 Å². The van der Waals surface area contributed by atoms with Crippen LogP contribution >= 0.6 is 0 Å². The van der Waals surface area contributed by atoms with Crippen molar-refractivity contribution in [2.24, 2.45) is 0 Å². The monoisotopic (exact) mass is 375 g/mol. The first-order valence-electron chi connectivity index (χ1n) is 8.41. The van der Waals surface area contributed by atoms with Crippen molar-refractivity contribution in [3.05, 3.63) is 59.7 Å². The number of hydrogen-bond donors (Lipinski definition) is 1. The molecule has 0 atom stereocenters. The van der Waals surface area contributed by atoms with E-state index >= 15 is 0 Å². The summed E-state index contributed by atoms with van der Waals surface area (Å²) in [5.41, 5.74) is 1.54. The lowest BCUT2D eigenvalue weighted by Gasteiger charge is -2.18. The molecule has 7 heteroatoms. The van der Waals surface area contributed by atoms with E-state index in [1.165, 1.54) is 0 Å². The minimum absolute atomic E-state index is 0.0220. The lowest BCUT2D eigenvalue weighted by atomic mass is 10.1. The molecular formula is C19H21NO5S. The van der Waals surface area contributed by atoms with Crippen molar-refractivity contribution in [3.8, 4) is 11.5 Å². The summed E-state index contributed by atoms with van der Waals surface area (Å²) in [7, 11) is -3.27. The van der Waals surface area contributed by atoms with Crippen LogP contribution in [0.15, 0.2) is 48.5 Å². The molecule has 1 heterocycles. The number of carbonyl (C=O) groups excluding carboxylic acids is 1. The smallest absolute Gasteiger partial charge is 0.224 e. The van der Waals surface area contributed by atoms with E-state index in [-0.39, 0.29) is 30.4 Å². The number of hydrogen-bond acceptors (Lipinski definition) is 5. The molecule has 0 bridgehead atoms. The number of nitrogens with one attached hydrogen (secondary N) is 1. The van der Waals surface area contributed by atoms with Crippen LogP contribution in [-0.4, -0.2) is 39.8 Å². The molecule has 0 aliphatic carbocycles. The summed E-state index contributed by atoms with van der Waals surface area (Å²) in [6.45, 7) is 1.10. The molecule has 2 aromatic carbocycles. The predicted molar refractivity (Wildman–Crippen MR) is 98.1 cm³/mol. The van der Waals surface area contributed by atoms with Gasteiger partial charge in [-0.25, -0.2) is 8.42 Å². The van der Waals surface area contributed by atoms with Crippen LogP contribution in [-0.2, 0) is 26.8 Å². The maximum atomic E-state index is 12.1. The molecule has 2 aromatic rings. The van der Waals surface area contributed by atoms with Gasteiger partial charge in [-0.05, 0) is 23.3 Å². The lowest BCUT2D eigenvalue weighted by molar-refractivity contribution is -0.120. The summed E-state index contributed by atoms with van der Waals surface area (Å²) in [6, 6.07) is 14.4. The van der Waals surface area contributed by atoms with Gasteiger partial charge in [-0.1, -0.05) is 36.4 Å². The Morgan fingerprint density at radius 1 is 0.962 bits per heavy atom. The van der Waals surface area contributed by atoms with Crippen LogP contribution in [0.1, 0.15) is 11.1 Å². The number of carbonyl (C=O) groups is 1. The standard InChI is InChI=1S/C19H21NO5S/c21-19(13-16-6-7-17-18(12-16)25-10-9-24-17)20-8-11-26(22,23)14-15-4-2-1-3-5-15/h1-7,12H,8-11,13-14H2,(H,20,21). The zero-order valence-electron chi connectivity index (χ0n) is 14.3. The average molecular weight is 375 g/mol. The van der Waals surface area contributed by atoms with Gasteiger partial charge in [0.1, 0.15) is 13.2 Å². The van der Waals surface area contributed by atoms with Gasteiger partial charge < -0.3 is 14.8 Å². The Bertz CT molecular complexity index is 865. The Balaban J connectivity index is 1.47. The molecule has 3 rings (SSSR count). The summed E-state index contributed by atoms with van der Waals surface area (Å²) < 4.78 is 35.2. The number of ether oxygens (including phenoxy) is 2. The van der Waals surface area contributed by atoms with E-state index in [1.807, 2.05) is 6.07 Å². The van der Waals surface area contributed by atoms with Crippen LogP contribution < -0.4 is 14.8 Å². The SMILES string of the molecule is O=C(Cc1ccc2c(c1)OCCO2)NCCS(=O)(=O)Cc1ccccc1. The molecule has 0 radical (unpaired) electrons. The van der Waals surface area contributed by atoms with Crippen LogP contribution in [0.2, 0.25) is 0 Å². The molecular weight excluding hydrogens is 354 g/mol. The second-order valence-corrected chi connectivity index (χ2v) is 8.27. The molecule has 0 saturated heterocycles. The van der Waals surface area contributed by atoms with Gasteiger partial charge in [-0.2, -0.15) is 0 Å². The van der Waals surface area contributed by atoms with Gasteiger partial charge >= 0.3 is 0 Å². The van der Waals surface area contributed by atoms with E-state index in [2.05, 4.69) is 5.32 Å². The molecule has 1 aliphatic rings. The van der Waals surface area contributed by atoms with Crippen molar-refractivity contribution < 1.29 is 22.7 Å². The van der Waals surface area contributed by atoms with Gasteiger partial charge in [-0.15, -0.1) is 0 Å². The lowest BCUT2D eigenvalue weighted by Crippen LogP contribution is -2.30. The quantitative estimate of drug-likeness (QED) is 0.797. The molecule has 1 aliphatic heterocycles. The summed E-state index contributed by atoms with van der Waals surface area (Å²) in [6.07, 6.45) is 0.162. The zero-order valence-corrected chi connectivity index (χ0v) is 15.1.